The molecule has 4 heteroatoms. The highest BCUT2D eigenvalue weighted by Crippen LogP contribution is 2.17. The van der Waals surface area contributed by atoms with Crippen molar-refractivity contribution in [3.63, 3.8) is 0 Å². The minimum atomic E-state index is -0.622. The molecule has 0 saturated carbocycles. The SMILES string of the molecule is COc1ccc(CCC(O)c2ncc(C)cn2)cc1. The summed E-state index contributed by atoms with van der Waals surface area (Å²) in [6.07, 6.45) is 4.21. The molecule has 0 bridgehead atoms. The third-order valence-corrected chi connectivity index (χ3v) is 2.96. The number of benzene rings is 1. The quantitative estimate of drug-likeness (QED) is 0.895. The number of nitrogens with zero attached hydrogens (tertiary/aromatic N) is 2. The Morgan fingerprint density at radius 1 is 1.16 bits per heavy atom. The Bertz CT molecular complexity index is 509. The third-order valence-electron chi connectivity index (χ3n) is 2.96. The number of hydrogen-bond acceptors (Lipinski definition) is 4. The Morgan fingerprint density at radius 2 is 1.79 bits per heavy atom. The molecule has 0 amide bonds. The molecule has 2 rings (SSSR count). The predicted molar refractivity (Wildman–Crippen MR) is 73.0 cm³/mol. The van der Waals surface area contributed by atoms with E-state index in [1.165, 1.54) is 0 Å². The monoisotopic (exact) mass is 258 g/mol. The van der Waals surface area contributed by atoms with E-state index in [4.69, 9.17) is 4.74 Å². The van der Waals surface area contributed by atoms with Crippen molar-refractivity contribution >= 4 is 0 Å². The zero-order valence-corrected chi connectivity index (χ0v) is 11.2. The van der Waals surface area contributed by atoms with E-state index in [2.05, 4.69) is 9.97 Å². The molecule has 0 aliphatic rings. The van der Waals surface area contributed by atoms with Crippen LogP contribution in [0.2, 0.25) is 0 Å². The van der Waals surface area contributed by atoms with Crippen LogP contribution in [0.1, 0.15) is 29.5 Å². The van der Waals surface area contributed by atoms with Crippen LogP contribution in [0.4, 0.5) is 0 Å². The smallest absolute Gasteiger partial charge is 0.156 e. The minimum Gasteiger partial charge on any atom is -0.497 e. The molecule has 1 atom stereocenters. The van der Waals surface area contributed by atoms with Crippen LogP contribution >= 0.6 is 0 Å². The molecule has 1 aromatic carbocycles. The summed E-state index contributed by atoms with van der Waals surface area (Å²) in [5, 5.41) is 10.0. The average molecular weight is 258 g/mol. The van der Waals surface area contributed by atoms with E-state index in [-0.39, 0.29) is 0 Å². The second kappa shape index (κ2) is 6.29. The molecule has 0 spiro atoms. The highest BCUT2D eigenvalue weighted by molar-refractivity contribution is 5.27. The van der Waals surface area contributed by atoms with Crippen LogP contribution in [0.3, 0.4) is 0 Å². The van der Waals surface area contributed by atoms with E-state index < -0.39 is 6.10 Å². The van der Waals surface area contributed by atoms with Gasteiger partial charge in [0, 0.05) is 12.4 Å². The number of aromatic nitrogens is 2. The fourth-order valence-corrected chi connectivity index (χ4v) is 1.80. The molecule has 4 nitrogen and oxygen atoms in total. The molecule has 2 aromatic rings. The fraction of sp³-hybridized carbons (Fsp3) is 0.333. The van der Waals surface area contributed by atoms with Gasteiger partial charge in [0.05, 0.1) is 7.11 Å². The van der Waals surface area contributed by atoms with Gasteiger partial charge < -0.3 is 9.84 Å². The van der Waals surface area contributed by atoms with Gasteiger partial charge in [-0.3, -0.25) is 0 Å². The Hall–Kier alpha value is -1.94. The Kier molecular flexibility index (Phi) is 4.47. The number of aliphatic hydroxyl groups excluding tert-OH is 1. The van der Waals surface area contributed by atoms with E-state index in [9.17, 15) is 5.11 Å². The number of methoxy groups -OCH3 is 1. The maximum Gasteiger partial charge on any atom is 0.156 e. The van der Waals surface area contributed by atoms with Crippen molar-refractivity contribution in [3.8, 4) is 5.75 Å². The summed E-state index contributed by atoms with van der Waals surface area (Å²) >= 11 is 0. The van der Waals surface area contributed by atoms with Gasteiger partial charge in [-0.25, -0.2) is 9.97 Å². The van der Waals surface area contributed by atoms with Gasteiger partial charge in [-0.05, 0) is 43.0 Å². The fourth-order valence-electron chi connectivity index (χ4n) is 1.80. The normalized spacial score (nSPS) is 12.2. The number of ether oxygens (including phenoxy) is 1. The molecule has 1 heterocycles. The summed E-state index contributed by atoms with van der Waals surface area (Å²) in [4.78, 5) is 8.27. The first-order valence-corrected chi connectivity index (χ1v) is 6.28. The summed E-state index contributed by atoms with van der Waals surface area (Å²) < 4.78 is 5.11. The number of rotatable bonds is 5. The minimum absolute atomic E-state index is 0.485. The van der Waals surface area contributed by atoms with Crippen LogP contribution in [-0.2, 0) is 6.42 Å². The maximum atomic E-state index is 10.0. The van der Waals surface area contributed by atoms with Gasteiger partial charge >= 0.3 is 0 Å². The van der Waals surface area contributed by atoms with Gasteiger partial charge in [0.2, 0.25) is 0 Å². The molecule has 0 radical (unpaired) electrons. The highest BCUT2D eigenvalue weighted by Gasteiger charge is 2.10. The molecule has 0 aliphatic heterocycles. The van der Waals surface area contributed by atoms with Crippen molar-refractivity contribution in [1.29, 1.82) is 0 Å². The van der Waals surface area contributed by atoms with Crippen LogP contribution in [0.5, 0.6) is 5.75 Å². The van der Waals surface area contributed by atoms with Crippen LogP contribution in [-0.4, -0.2) is 22.2 Å². The lowest BCUT2D eigenvalue weighted by Crippen LogP contribution is -2.05. The molecule has 0 saturated heterocycles. The van der Waals surface area contributed by atoms with E-state index >= 15 is 0 Å². The molecule has 19 heavy (non-hydrogen) atoms. The maximum absolute atomic E-state index is 10.0. The Balaban J connectivity index is 1.92. The molecule has 0 fully saturated rings. The first-order valence-electron chi connectivity index (χ1n) is 6.28. The topological polar surface area (TPSA) is 55.2 Å². The van der Waals surface area contributed by atoms with E-state index in [1.54, 1.807) is 19.5 Å². The summed E-state index contributed by atoms with van der Waals surface area (Å²) in [5.41, 5.74) is 2.15. The van der Waals surface area contributed by atoms with Gasteiger partial charge in [-0.1, -0.05) is 12.1 Å². The van der Waals surface area contributed by atoms with E-state index in [0.717, 1.165) is 23.3 Å². The largest absolute Gasteiger partial charge is 0.497 e. The van der Waals surface area contributed by atoms with Crippen molar-refractivity contribution in [3.05, 3.63) is 53.6 Å². The predicted octanol–water partition coefficient (Wildman–Crippen LogP) is 2.46. The zero-order valence-electron chi connectivity index (χ0n) is 11.2. The molecule has 0 aliphatic carbocycles. The Morgan fingerprint density at radius 3 is 2.37 bits per heavy atom. The van der Waals surface area contributed by atoms with Crippen molar-refractivity contribution in [2.24, 2.45) is 0 Å². The van der Waals surface area contributed by atoms with Crippen molar-refractivity contribution in [2.75, 3.05) is 7.11 Å². The van der Waals surface area contributed by atoms with Crippen LogP contribution in [0, 0.1) is 6.92 Å². The van der Waals surface area contributed by atoms with Crippen LogP contribution in [0.25, 0.3) is 0 Å². The Labute approximate surface area is 113 Å². The van der Waals surface area contributed by atoms with Gasteiger partial charge in [-0.15, -0.1) is 0 Å². The lowest BCUT2D eigenvalue weighted by atomic mass is 10.1. The summed E-state index contributed by atoms with van der Waals surface area (Å²) in [7, 11) is 1.65. The van der Waals surface area contributed by atoms with E-state index in [1.807, 2.05) is 31.2 Å². The van der Waals surface area contributed by atoms with Crippen molar-refractivity contribution in [1.82, 2.24) is 9.97 Å². The lowest BCUT2D eigenvalue weighted by molar-refractivity contribution is 0.158. The van der Waals surface area contributed by atoms with E-state index in [0.29, 0.717) is 12.2 Å². The van der Waals surface area contributed by atoms with Crippen molar-refractivity contribution in [2.45, 2.75) is 25.9 Å². The molecular weight excluding hydrogens is 240 g/mol. The standard InChI is InChI=1S/C15H18N2O2/c1-11-9-16-15(17-10-11)14(18)8-5-12-3-6-13(19-2)7-4-12/h3-4,6-7,9-10,14,18H,5,8H2,1-2H3. The summed E-state index contributed by atoms with van der Waals surface area (Å²) in [6, 6.07) is 7.84. The van der Waals surface area contributed by atoms with Gasteiger partial charge in [0.1, 0.15) is 11.9 Å². The van der Waals surface area contributed by atoms with Gasteiger partial charge in [0.15, 0.2) is 5.82 Å². The second-order valence-electron chi connectivity index (χ2n) is 4.52. The molecule has 1 aromatic heterocycles. The van der Waals surface area contributed by atoms with Gasteiger partial charge in [0.25, 0.3) is 0 Å². The second-order valence-corrected chi connectivity index (χ2v) is 4.52. The first-order chi connectivity index (χ1) is 9.19. The number of aryl methyl sites for hydroxylation is 2. The third kappa shape index (κ3) is 3.76. The van der Waals surface area contributed by atoms with Gasteiger partial charge in [-0.2, -0.15) is 0 Å². The molecule has 100 valence electrons. The average Bonchev–Trinajstić information content (AvgIpc) is 2.46. The molecular formula is C15H18N2O2. The van der Waals surface area contributed by atoms with Crippen LogP contribution < -0.4 is 4.74 Å². The first kappa shape index (κ1) is 13.5. The number of hydrogen-bond donors (Lipinski definition) is 1. The zero-order chi connectivity index (χ0) is 13.7. The number of aliphatic hydroxyl groups is 1. The highest BCUT2D eigenvalue weighted by atomic mass is 16.5. The molecule has 1 N–H and O–H groups in total. The summed E-state index contributed by atoms with van der Waals surface area (Å²) in [6.45, 7) is 1.92. The van der Waals surface area contributed by atoms with Crippen molar-refractivity contribution < 1.29 is 9.84 Å². The molecule has 1 unspecified atom stereocenters. The van der Waals surface area contributed by atoms with Crippen LogP contribution in [0.15, 0.2) is 36.7 Å². The summed E-state index contributed by atoms with van der Waals surface area (Å²) in [5.74, 6) is 1.32. The lowest BCUT2D eigenvalue weighted by Gasteiger charge is -2.09.